The number of aliphatic hydroxyl groups excluding tert-OH is 1. The minimum atomic E-state index is -3.25. The fourth-order valence-electron chi connectivity index (χ4n) is 3.43. The number of hydrogen-bond acceptors (Lipinski definition) is 4. The molecule has 7 heteroatoms. The van der Waals surface area contributed by atoms with Crippen LogP contribution in [0.2, 0.25) is 0 Å². The zero-order chi connectivity index (χ0) is 15.5. The van der Waals surface area contributed by atoms with Gasteiger partial charge in [0.1, 0.15) is 0 Å². The Labute approximate surface area is 126 Å². The van der Waals surface area contributed by atoms with Crippen molar-refractivity contribution in [2.45, 2.75) is 51.0 Å². The number of piperidine rings is 1. The van der Waals surface area contributed by atoms with Crippen molar-refractivity contribution >= 4 is 16.0 Å². The topological polar surface area (TPSA) is 94.9 Å². The summed E-state index contributed by atoms with van der Waals surface area (Å²) < 4.78 is 26.3. The van der Waals surface area contributed by atoms with Crippen LogP contribution in [-0.4, -0.2) is 53.9 Å². The predicted octanol–water partition coefficient (Wildman–Crippen LogP) is 1.05. The lowest BCUT2D eigenvalue weighted by atomic mass is 9.91. The molecular formula is C14H25NO5S. The van der Waals surface area contributed by atoms with E-state index in [0.29, 0.717) is 25.9 Å². The fraction of sp³-hybridized carbons (Fsp3) is 0.929. The van der Waals surface area contributed by atoms with Crippen molar-refractivity contribution in [2.24, 2.45) is 11.8 Å². The summed E-state index contributed by atoms with van der Waals surface area (Å²) in [6.45, 7) is 0.647. The minimum Gasteiger partial charge on any atom is -0.479 e. The van der Waals surface area contributed by atoms with Crippen molar-refractivity contribution < 1.29 is 23.4 Å². The Kier molecular flexibility index (Phi) is 5.62. The van der Waals surface area contributed by atoms with Gasteiger partial charge in [-0.1, -0.05) is 19.3 Å². The lowest BCUT2D eigenvalue weighted by Gasteiger charge is -2.33. The summed E-state index contributed by atoms with van der Waals surface area (Å²) in [5.74, 6) is -1.08. The molecule has 6 nitrogen and oxygen atoms in total. The highest BCUT2D eigenvalue weighted by atomic mass is 32.2. The summed E-state index contributed by atoms with van der Waals surface area (Å²) in [5, 5.41) is 18.3. The Bertz CT molecular complexity index is 450. The Balaban J connectivity index is 1.86. The number of carboxylic acids is 1. The van der Waals surface area contributed by atoms with Gasteiger partial charge in [0.25, 0.3) is 0 Å². The highest BCUT2D eigenvalue weighted by Crippen LogP contribution is 2.28. The second kappa shape index (κ2) is 7.07. The molecule has 1 atom stereocenters. The molecule has 1 heterocycles. The van der Waals surface area contributed by atoms with Crippen molar-refractivity contribution in [3.63, 3.8) is 0 Å². The molecule has 0 aromatic heterocycles. The van der Waals surface area contributed by atoms with Crippen LogP contribution in [0.4, 0.5) is 0 Å². The van der Waals surface area contributed by atoms with E-state index in [1.807, 2.05) is 0 Å². The zero-order valence-corrected chi connectivity index (χ0v) is 13.1. The van der Waals surface area contributed by atoms with Crippen LogP contribution in [0, 0.1) is 11.8 Å². The maximum absolute atomic E-state index is 12.4. The molecule has 0 amide bonds. The number of carbonyl (C=O) groups is 1. The number of hydrogen-bond donors (Lipinski definition) is 2. The molecule has 2 rings (SSSR count). The molecule has 2 fully saturated rings. The van der Waals surface area contributed by atoms with Gasteiger partial charge < -0.3 is 10.2 Å². The normalized spacial score (nSPS) is 24.8. The van der Waals surface area contributed by atoms with Crippen LogP contribution in [0.25, 0.3) is 0 Å². The first-order chi connectivity index (χ1) is 9.90. The molecule has 1 saturated carbocycles. The largest absolute Gasteiger partial charge is 0.479 e. The smallest absolute Gasteiger partial charge is 0.332 e. The van der Waals surface area contributed by atoms with E-state index in [9.17, 15) is 18.3 Å². The number of aliphatic hydroxyl groups is 1. The Morgan fingerprint density at radius 1 is 1.10 bits per heavy atom. The van der Waals surface area contributed by atoms with Crippen molar-refractivity contribution in [3.8, 4) is 0 Å². The number of sulfonamides is 1. The Morgan fingerprint density at radius 2 is 1.67 bits per heavy atom. The third-order valence-corrected chi connectivity index (χ3v) is 6.81. The van der Waals surface area contributed by atoms with Crippen LogP contribution in [0.5, 0.6) is 0 Å². The van der Waals surface area contributed by atoms with Gasteiger partial charge in [0.15, 0.2) is 6.10 Å². The van der Waals surface area contributed by atoms with Crippen molar-refractivity contribution in [1.82, 2.24) is 4.31 Å². The number of aliphatic carboxylic acids is 1. The summed E-state index contributed by atoms with van der Waals surface area (Å²) in [6, 6.07) is 0. The third-order valence-electron chi connectivity index (χ3n) is 4.76. The monoisotopic (exact) mass is 319 g/mol. The third kappa shape index (κ3) is 4.40. The van der Waals surface area contributed by atoms with E-state index < -0.39 is 22.1 Å². The first-order valence-electron chi connectivity index (χ1n) is 7.79. The average Bonchev–Trinajstić information content (AvgIpc) is 2.47. The lowest BCUT2D eigenvalue weighted by Crippen LogP contribution is -2.44. The molecule has 0 radical (unpaired) electrons. The van der Waals surface area contributed by atoms with E-state index in [1.54, 1.807) is 0 Å². The van der Waals surface area contributed by atoms with Crippen LogP contribution in [0.3, 0.4) is 0 Å². The molecule has 1 saturated heterocycles. The van der Waals surface area contributed by atoms with Crippen molar-refractivity contribution in [1.29, 1.82) is 0 Å². The van der Waals surface area contributed by atoms with Gasteiger partial charge in [-0.05, 0) is 37.5 Å². The van der Waals surface area contributed by atoms with E-state index >= 15 is 0 Å². The molecule has 1 unspecified atom stereocenters. The van der Waals surface area contributed by atoms with Gasteiger partial charge in [0.05, 0.1) is 5.75 Å². The summed E-state index contributed by atoms with van der Waals surface area (Å²) in [7, 11) is -3.25. The highest BCUT2D eigenvalue weighted by Gasteiger charge is 2.34. The molecule has 2 aliphatic rings. The Hall–Kier alpha value is -0.660. The fourth-order valence-corrected chi connectivity index (χ4v) is 5.34. The van der Waals surface area contributed by atoms with Crippen molar-refractivity contribution in [3.05, 3.63) is 0 Å². The highest BCUT2D eigenvalue weighted by molar-refractivity contribution is 7.89. The van der Waals surface area contributed by atoms with Gasteiger partial charge in [0.2, 0.25) is 10.0 Å². The van der Waals surface area contributed by atoms with Gasteiger partial charge in [-0.2, -0.15) is 0 Å². The summed E-state index contributed by atoms with van der Waals surface area (Å²) in [6.07, 6.45) is 4.87. The van der Waals surface area contributed by atoms with Crippen LogP contribution in [0.1, 0.15) is 44.9 Å². The van der Waals surface area contributed by atoms with Crippen LogP contribution < -0.4 is 0 Å². The van der Waals surface area contributed by atoms with E-state index in [2.05, 4.69) is 0 Å². The van der Waals surface area contributed by atoms with E-state index in [-0.39, 0.29) is 17.6 Å². The second-order valence-corrected chi connectivity index (χ2v) is 8.32. The first-order valence-corrected chi connectivity index (χ1v) is 9.40. The van der Waals surface area contributed by atoms with Crippen molar-refractivity contribution in [2.75, 3.05) is 18.8 Å². The SMILES string of the molecule is O=C(O)C(O)C1CCN(S(=O)(=O)CC2CCCCC2)CC1. The van der Waals surface area contributed by atoms with Gasteiger partial charge in [-0.3, -0.25) is 0 Å². The molecule has 21 heavy (non-hydrogen) atoms. The Morgan fingerprint density at radius 3 is 2.19 bits per heavy atom. The van der Waals surface area contributed by atoms with Gasteiger partial charge in [-0.25, -0.2) is 17.5 Å². The molecule has 0 aromatic rings. The predicted molar refractivity (Wildman–Crippen MR) is 78.3 cm³/mol. The zero-order valence-electron chi connectivity index (χ0n) is 12.3. The second-order valence-electron chi connectivity index (χ2n) is 6.30. The molecule has 0 bridgehead atoms. The van der Waals surface area contributed by atoms with E-state index in [1.165, 1.54) is 10.7 Å². The molecule has 122 valence electrons. The maximum atomic E-state index is 12.4. The molecule has 0 spiro atoms. The van der Waals surface area contributed by atoms with Crippen LogP contribution in [-0.2, 0) is 14.8 Å². The lowest BCUT2D eigenvalue weighted by molar-refractivity contribution is -0.150. The summed E-state index contributed by atoms with van der Waals surface area (Å²) in [4.78, 5) is 10.8. The molecular weight excluding hydrogens is 294 g/mol. The molecule has 1 aliphatic heterocycles. The van der Waals surface area contributed by atoms with E-state index in [4.69, 9.17) is 5.11 Å². The number of carboxylic acid groups (broad SMARTS) is 1. The molecule has 1 aliphatic carbocycles. The molecule has 2 N–H and O–H groups in total. The van der Waals surface area contributed by atoms with Gasteiger partial charge in [-0.15, -0.1) is 0 Å². The average molecular weight is 319 g/mol. The van der Waals surface area contributed by atoms with Crippen LogP contribution in [0.15, 0.2) is 0 Å². The summed E-state index contributed by atoms with van der Waals surface area (Å²) >= 11 is 0. The molecule has 0 aromatic carbocycles. The van der Waals surface area contributed by atoms with Crippen LogP contribution >= 0.6 is 0 Å². The summed E-state index contributed by atoms with van der Waals surface area (Å²) in [5.41, 5.74) is 0. The number of nitrogens with zero attached hydrogens (tertiary/aromatic N) is 1. The maximum Gasteiger partial charge on any atom is 0.332 e. The minimum absolute atomic E-state index is 0.221. The van der Waals surface area contributed by atoms with Gasteiger partial charge >= 0.3 is 5.97 Å². The first kappa shape index (κ1) is 16.7. The quantitative estimate of drug-likeness (QED) is 0.790. The number of rotatable bonds is 5. The van der Waals surface area contributed by atoms with Gasteiger partial charge in [0, 0.05) is 13.1 Å². The standard InChI is InChI=1S/C14H25NO5S/c16-13(14(17)18)12-6-8-15(9-7-12)21(19,20)10-11-4-2-1-3-5-11/h11-13,16H,1-10H2,(H,17,18). The van der Waals surface area contributed by atoms with E-state index in [0.717, 1.165) is 25.7 Å².